The van der Waals surface area contributed by atoms with E-state index in [0.717, 1.165) is 43.1 Å². The fraction of sp³-hybridized carbons (Fsp3) is 0.385. The summed E-state index contributed by atoms with van der Waals surface area (Å²) in [5.41, 5.74) is 2.11. The highest BCUT2D eigenvalue weighted by molar-refractivity contribution is 5.95. The van der Waals surface area contributed by atoms with Crippen molar-refractivity contribution in [2.24, 2.45) is 0 Å². The Labute approximate surface area is 196 Å². The monoisotopic (exact) mass is 451 g/mol. The summed E-state index contributed by atoms with van der Waals surface area (Å²) in [7, 11) is 3.27. The average molecular weight is 452 g/mol. The lowest BCUT2D eigenvalue weighted by molar-refractivity contribution is -0.135. The maximum absolute atomic E-state index is 12.9. The molecule has 3 rings (SSSR count). The molecule has 1 N–H and O–H groups in total. The molecule has 1 heterocycles. The fourth-order valence-corrected chi connectivity index (χ4v) is 3.82. The second kappa shape index (κ2) is 12.1. The number of carbonyl (C=O) groups is 2. The number of hydrogen-bond donors (Lipinski definition) is 1. The van der Waals surface area contributed by atoms with Crippen molar-refractivity contribution in [2.75, 3.05) is 40.4 Å². The largest absolute Gasteiger partial charge is 0.497 e. The van der Waals surface area contributed by atoms with Crippen LogP contribution in [-0.2, 0) is 16.1 Å². The van der Waals surface area contributed by atoms with E-state index in [-0.39, 0.29) is 11.8 Å². The van der Waals surface area contributed by atoms with Gasteiger partial charge in [0.25, 0.3) is 0 Å². The Balaban J connectivity index is 1.47. The van der Waals surface area contributed by atoms with Gasteiger partial charge < -0.3 is 19.7 Å². The highest BCUT2D eigenvalue weighted by Crippen LogP contribution is 2.15. The zero-order valence-corrected chi connectivity index (χ0v) is 19.6. The Bertz CT molecular complexity index is 941. The van der Waals surface area contributed by atoms with Crippen LogP contribution in [0.15, 0.2) is 54.6 Å². The summed E-state index contributed by atoms with van der Waals surface area (Å²) in [5, 5.41) is 2.78. The molecule has 0 radical (unpaired) electrons. The van der Waals surface area contributed by atoms with Crippen molar-refractivity contribution in [2.45, 2.75) is 25.9 Å². The van der Waals surface area contributed by atoms with Gasteiger partial charge in [0, 0.05) is 38.8 Å². The van der Waals surface area contributed by atoms with Gasteiger partial charge in [0.2, 0.25) is 11.8 Å². The van der Waals surface area contributed by atoms with Gasteiger partial charge >= 0.3 is 0 Å². The molecule has 2 aromatic carbocycles. The summed E-state index contributed by atoms with van der Waals surface area (Å²) in [4.78, 5) is 29.4. The first-order chi connectivity index (χ1) is 16.0. The smallest absolute Gasteiger partial charge is 0.244 e. The Morgan fingerprint density at radius 1 is 0.939 bits per heavy atom. The van der Waals surface area contributed by atoms with Crippen LogP contribution in [0.2, 0.25) is 0 Å². The van der Waals surface area contributed by atoms with Crippen LogP contribution in [-0.4, -0.2) is 68.1 Å². The molecule has 2 amide bonds. The van der Waals surface area contributed by atoms with E-state index in [1.807, 2.05) is 41.3 Å². The minimum atomic E-state index is -0.578. The first-order valence-corrected chi connectivity index (χ1v) is 11.2. The predicted molar refractivity (Wildman–Crippen MR) is 129 cm³/mol. The van der Waals surface area contributed by atoms with Gasteiger partial charge in [-0.1, -0.05) is 24.3 Å². The number of methoxy groups -OCH3 is 2. The maximum atomic E-state index is 12.9. The molecule has 1 atom stereocenters. The lowest BCUT2D eigenvalue weighted by Crippen LogP contribution is -2.47. The van der Waals surface area contributed by atoms with E-state index in [0.29, 0.717) is 13.1 Å². The second-order valence-electron chi connectivity index (χ2n) is 8.14. The molecule has 7 nitrogen and oxygen atoms in total. The third kappa shape index (κ3) is 7.36. The molecular weight excluding hydrogens is 418 g/mol. The molecule has 0 aromatic heterocycles. The molecule has 1 aliphatic heterocycles. The fourth-order valence-electron chi connectivity index (χ4n) is 3.82. The van der Waals surface area contributed by atoms with E-state index in [2.05, 4.69) is 22.3 Å². The first-order valence-electron chi connectivity index (χ1n) is 11.2. The Hall–Kier alpha value is -3.32. The van der Waals surface area contributed by atoms with Gasteiger partial charge in [-0.15, -0.1) is 0 Å². The summed E-state index contributed by atoms with van der Waals surface area (Å²) in [6, 6.07) is 14.9. The van der Waals surface area contributed by atoms with E-state index < -0.39 is 6.04 Å². The topological polar surface area (TPSA) is 71.1 Å². The lowest BCUT2D eigenvalue weighted by Gasteiger charge is -2.25. The molecule has 0 saturated carbocycles. The van der Waals surface area contributed by atoms with Gasteiger partial charge in [0.05, 0.1) is 14.2 Å². The molecule has 1 saturated heterocycles. The third-order valence-electron chi connectivity index (χ3n) is 5.74. The average Bonchev–Trinajstić information content (AvgIpc) is 3.08. The lowest BCUT2D eigenvalue weighted by atomic mass is 10.2. The van der Waals surface area contributed by atoms with Crippen molar-refractivity contribution in [3.8, 4) is 11.5 Å². The van der Waals surface area contributed by atoms with Gasteiger partial charge in [0.1, 0.15) is 17.5 Å². The normalized spacial score (nSPS) is 15.7. The predicted octanol–water partition coefficient (Wildman–Crippen LogP) is 2.96. The maximum Gasteiger partial charge on any atom is 0.244 e. The molecule has 1 fully saturated rings. The number of hydrogen-bond acceptors (Lipinski definition) is 5. The van der Waals surface area contributed by atoms with Crippen molar-refractivity contribution in [3.05, 3.63) is 65.7 Å². The quantitative estimate of drug-likeness (QED) is 0.625. The van der Waals surface area contributed by atoms with E-state index in [9.17, 15) is 9.59 Å². The van der Waals surface area contributed by atoms with E-state index in [1.54, 1.807) is 27.2 Å². The van der Waals surface area contributed by atoms with Crippen molar-refractivity contribution in [3.63, 3.8) is 0 Å². The molecule has 33 heavy (non-hydrogen) atoms. The number of carbonyl (C=O) groups excluding carboxylic acids is 2. The molecule has 1 unspecified atom stereocenters. The van der Waals surface area contributed by atoms with Gasteiger partial charge in [-0.05, 0) is 54.8 Å². The summed E-state index contributed by atoms with van der Waals surface area (Å²) < 4.78 is 10.4. The van der Waals surface area contributed by atoms with Crippen LogP contribution < -0.4 is 14.8 Å². The van der Waals surface area contributed by atoms with Gasteiger partial charge in [-0.25, -0.2) is 0 Å². The number of nitrogens with zero attached hydrogens (tertiary/aromatic N) is 2. The first kappa shape index (κ1) is 24.3. The molecule has 1 aliphatic rings. The van der Waals surface area contributed by atoms with Gasteiger partial charge in [0.15, 0.2) is 0 Å². The van der Waals surface area contributed by atoms with Crippen molar-refractivity contribution in [1.82, 2.24) is 15.1 Å². The summed E-state index contributed by atoms with van der Waals surface area (Å²) in [6.45, 7) is 5.66. The van der Waals surface area contributed by atoms with E-state index in [4.69, 9.17) is 9.47 Å². The highest BCUT2D eigenvalue weighted by Gasteiger charge is 2.24. The van der Waals surface area contributed by atoms with Crippen molar-refractivity contribution >= 4 is 17.9 Å². The molecule has 0 spiro atoms. The van der Waals surface area contributed by atoms with E-state index >= 15 is 0 Å². The standard InChI is InChI=1S/C26H33N3O4/c1-20(27-25(30)14-9-21-5-10-23(32-2)11-6-21)26(31)29-16-4-15-28(17-18-29)19-22-7-12-24(33-3)13-8-22/h5-14,20H,4,15-19H2,1-3H3,(H,27,30)/b14-9+. The molecule has 0 aliphatic carbocycles. The summed E-state index contributed by atoms with van der Waals surface area (Å²) in [6.07, 6.45) is 4.07. The van der Waals surface area contributed by atoms with Crippen LogP contribution in [0.4, 0.5) is 0 Å². The van der Waals surface area contributed by atoms with Crippen LogP contribution in [0.1, 0.15) is 24.5 Å². The number of benzene rings is 2. The van der Waals surface area contributed by atoms with E-state index in [1.165, 1.54) is 11.6 Å². The zero-order valence-electron chi connectivity index (χ0n) is 19.6. The number of rotatable bonds is 8. The minimum absolute atomic E-state index is 0.0486. The third-order valence-corrected chi connectivity index (χ3v) is 5.74. The number of nitrogens with one attached hydrogen (secondary N) is 1. The van der Waals surface area contributed by atoms with Gasteiger partial charge in [-0.2, -0.15) is 0 Å². The van der Waals surface area contributed by atoms with Crippen molar-refractivity contribution < 1.29 is 19.1 Å². The summed E-state index contributed by atoms with van der Waals surface area (Å²) >= 11 is 0. The molecule has 0 bridgehead atoms. The zero-order chi connectivity index (χ0) is 23.6. The molecule has 7 heteroatoms. The number of amides is 2. The van der Waals surface area contributed by atoms with Gasteiger partial charge in [-0.3, -0.25) is 14.5 Å². The summed E-state index contributed by atoms with van der Waals surface area (Å²) in [5.74, 6) is 1.27. The highest BCUT2D eigenvalue weighted by atomic mass is 16.5. The van der Waals surface area contributed by atoms with Crippen LogP contribution in [0.25, 0.3) is 6.08 Å². The Kier molecular flexibility index (Phi) is 8.89. The number of ether oxygens (including phenoxy) is 2. The SMILES string of the molecule is COc1ccc(/C=C/C(=O)NC(C)C(=O)N2CCCN(Cc3ccc(OC)cc3)CC2)cc1. The van der Waals surface area contributed by atoms with Crippen LogP contribution in [0.5, 0.6) is 11.5 Å². The van der Waals surface area contributed by atoms with Crippen LogP contribution in [0, 0.1) is 0 Å². The van der Waals surface area contributed by atoms with Crippen molar-refractivity contribution in [1.29, 1.82) is 0 Å². The second-order valence-corrected chi connectivity index (χ2v) is 8.14. The minimum Gasteiger partial charge on any atom is -0.497 e. The Morgan fingerprint density at radius 3 is 2.21 bits per heavy atom. The van der Waals surface area contributed by atoms with Crippen LogP contribution in [0.3, 0.4) is 0 Å². The molecule has 2 aromatic rings. The molecule has 176 valence electrons. The molecular formula is C26H33N3O4. The Morgan fingerprint density at radius 2 is 1.58 bits per heavy atom. The van der Waals surface area contributed by atoms with Crippen LogP contribution >= 0.6 is 0 Å².